The highest BCUT2D eigenvalue weighted by Crippen LogP contribution is 2.26. The minimum absolute atomic E-state index is 0.0648. The van der Waals surface area contributed by atoms with Gasteiger partial charge in [-0.05, 0) is 17.9 Å². The fraction of sp³-hybridized carbons (Fsp3) is 0.533. The SMILES string of the molecule is CC(C)CN(CC(C)C)C(=O)c1cccc([N+](=O)[O-])c1N. The summed E-state index contributed by atoms with van der Waals surface area (Å²) in [5, 5.41) is 10.9. The highest BCUT2D eigenvalue weighted by atomic mass is 16.6. The van der Waals surface area contributed by atoms with Crippen LogP contribution in [0.3, 0.4) is 0 Å². The molecular weight excluding hydrogens is 270 g/mol. The summed E-state index contributed by atoms with van der Waals surface area (Å²) >= 11 is 0. The molecule has 116 valence electrons. The lowest BCUT2D eigenvalue weighted by Crippen LogP contribution is -2.37. The lowest BCUT2D eigenvalue weighted by molar-refractivity contribution is -0.383. The molecule has 0 unspecified atom stereocenters. The molecule has 0 fully saturated rings. The van der Waals surface area contributed by atoms with E-state index in [1.807, 2.05) is 27.7 Å². The quantitative estimate of drug-likeness (QED) is 0.496. The van der Waals surface area contributed by atoms with Gasteiger partial charge in [0, 0.05) is 19.2 Å². The zero-order chi connectivity index (χ0) is 16.2. The molecule has 0 heterocycles. The highest BCUT2D eigenvalue weighted by molar-refractivity contribution is 6.01. The van der Waals surface area contributed by atoms with Crippen molar-refractivity contribution >= 4 is 17.3 Å². The fourth-order valence-corrected chi connectivity index (χ4v) is 2.19. The average Bonchev–Trinajstić information content (AvgIpc) is 2.36. The van der Waals surface area contributed by atoms with Gasteiger partial charge in [-0.3, -0.25) is 14.9 Å². The molecule has 0 aliphatic heterocycles. The molecule has 1 amide bonds. The first-order valence-corrected chi connectivity index (χ1v) is 7.06. The molecule has 0 bridgehead atoms. The van der Waals surface area contributed by atoms with Crippen LogP contribution in [0.1, 0.15) is 38.1 Å². The molecular formula is C15H23N3O3. The summed E-state index contributed by atoms with van der Waals surface area (Å²) in [7, 11) is 0. The molecule has 0 atom stereocenters. The molecule has 1 rings (SSSR count). The Morgan fingerprint density at radius 1 is 1.24 bits per heavy atom. The van der Waals surface area contributed by atoms with Gasteiger partial charge < -0.3 is 10.6 Å². The Labute approximate surface area is 125 Å². The number of benzene rings is 1. The second kappa shape index (κ2) is 7.06. The summed E-state index contributed by atoms with van der Waals surface area (Å²) in [6.07, 6.45) is 0. The number of hydrogen-bond acceptors (Lipinski definition) is 4. The molecule has 2 N–H and O–H groups in total. The van der Waals surface area contributed by atoms with Gasteiger partial charge in [-0.1, -0.05) is 33.8 Å². The number of anilines is 1. The number of rotatable bonds is 6. The first-order chi connectivity index (χ1) is 9.73. The summed E-state index contributed by atoms with van der Waals surface area (Å²) in [6, 6.07) is 4.34. The summed E-state index contributed by atoms with van der Waals surface area (Å²) in [6.45, 7) is 9.29. The number of para-hydroxylation sites is 1. The Hall–Kier alpha value is -2.11. The largest absolute Gasteiger partial charge is 0.393 e. The van der Waals surface area contributed by atoms with E-state index in [1.54, 1.807) is 11.0 Å². The van der Waals surface area contributed by atoms with Crippen LogP contribution in [-0.2, 0) is 0 Å². The number of carbonyl (C=O) groups excluding carboxylic acids is 1. The number of carbonyl (C=O) groups is 1. The second-order valence-electron chi connectivity index (χ2n) is 5.99. The molecule has 0 aliphatic carbocycles. The fourth-order valence-electron chi connectivity index (χ4n) is 2.19. The van der Waals surface area contributed by atoms with E-state index in [0.29, 0.717) is 24.9 Å². The highest BCUT2D eigenvalue weighted by Gasteiger charge is 2.24. The number of nitro benzene ring substituents is 1. The zero-order valence-electron chi connectivity index (χ0n) is 13.0. The number of amides is 1. The zero-order valence-corrected chi connectivity index (χ0v) is 13.0. The molecule has 1 aromatic carbocycles. The van der Waals surface area contributed by atoms with Gasteiger partial charge in [0.25, 0.3) is 11.6 Å². The molecule has 0 saturated carbocycles. The molecule has 6 heteroatoms. The van der Waals surface area contributed by atoms with Crippen LogP contribution < -0.4 is 5.73 Å². The Morgan fingerprint density at radius 3 is 2.19 bits per heavy atom. The van der Waals surface area contributed by atoms with Gasteiger partial charge in [0.15, 0.2) is 0 Å². The van der Waals surface area contributed by atoms with Gasteiger partial charge in [-0.25, -0.2) is 0 Å². The minimum Gasteiger partial charge on any atom is -0.393 e. The van der Waals surface area contributed by atoms with E-state index >= 15 is 0 Å². The van der Waals surface area contributed by atoms with Crippen LogP contribution in [0.15, 0.2) is 18.2 Å². The van der Waals surface area contributed by atoms with Crippen molar-refractivity contribution in [2.75, 3.05) is 18.8 Å². The van der Waals surface area contributed by atoms with Crippen molar-refractivity contribution in [1.82, 2.24) is 4.90 Å². The van der Waals surface area contributed by atoms with Gasteiger partial charge in [0.2, 0.25) is 0 Å². The lowest BCUT2D eigenvalue weighted by Gasteiger charge is -2.26. The van der Waals surface area contributed by atoms with E-state index in [9.17, 15) is 14.9 Å². The number of nitrogens with two attached hydrogens (primary N) is 1. The smallest absolute Gasteiger partial charge is 0.292 e. The number of nitrogen functional groups attached to an aromatic ring is 1. The molecule has 1 aromatic rings. The van der Waals surface area contributed by atoms with Crippen molar-refractivity contribution in [2.45, 2.75) is 27.7 Å². The first kappa shape index (κ1) is 16.9. The van der Waals surface area contributed by atoms with Crippen molar-refractivity contribution in [3.8, 4) is 0 Å². The Morgan fingerprint density at radius 2 is 1.76 bits per heavy atom. The van der Waals surface area contributed by atoms with Crippen molar-refractivity contribution in [3.63, 3.8) is 0 Å². The van der Waals surface area contributed by atoms with Crippen LogP contribution in [0, 0.1) is 22.0 Å². The van der Waals surface area contributed by atoms with Crippen molar-refractivity contribution in [1.29, 1.82) is 0 Å². The third-order valence-corrected chi connectivity index (χ3v) is 2.97. The summed E-state index contributed by atoms with van der Waals surface area (Å²) in [5.41, 5.74) is 5.70. The molecule has 6 nitrogen and oxygen atoms in total. The maximum absolute atomic E-state index is 12.6. The van der Waals surface area contributed by atoms with Crippen LogP contribution in [0.5, 0.6) is 0 Å². The average molecular weight is 293 g/mol. The van der Waals surface area contributed by atoms with Gasteiger partial charge in [0.05, 0.1) is 10.5 Å². The lowest BCUT2D eigenvalue weighted by atomic mass is 10.1. The maximum atomic E-state index is 12.6. The maximum Gasteiger partial charge on any atom is 0.292 e. The second-order valence-corrected chi connectivity index (χ2v) is 5.99. The third kappa shape index (κ3) is 4.44. The summed E-state index contributed by atoms with van der Waals surface area (Å²) in [5.74, 6) is 0.374. The van der Waals surface area contributed by atoms with Gasteiger partial charge in [0.1, 0.15) is 5.69 Å². The standard InChI is InChI=1S/C15H23N3O3/c1-10(2)8-17(9-11(3)4)15(19)12-6-5-7-13(14(12)16)18(20)21/h5-7,10-11H,8-9,16H2,1-4H3. The first-order valence-electron chi connectivity index (χ1n) is 7.06. The van der Waals surface area contributed by atoms with Crippen LogP contribution in [0.4, 0.5) is 11.4 Å². The van der Waals surface area contributed by atoms with E-state index in [-0.39, 0.29) is 22.8 Å². The molecule has 0 aliphatic rings. The molecule has 0 radical (unpaired) electrons. The van der Waals surface area contributed by atoms with Gasteiger partial charge in [-0.15, -0.1) is 0 Å². The third-order valence-electron chi connectivity index (χ3n) is 2.97. The summed E-state index contributed by atoms with van der Waals surface area (Å²) in [4.78, 5) is 24.7. The number of nitrogens with zero attached hydrogens (tertiary/aromatic N) is 2. The Balaban J connectivity index is 3.14. The van der Waals surface area contributed by atoms with E-state index in [4.69, 9.17) is 5.73 Å². The Bertz CT molecular complexity index is 517. The number of hydrogen-bond donors (Lipinski definition) is 1. The van der Waals surface area contributed by atoms with E-state index in [2.05, 4.69) is 0 Å². The van der Waals surface area contributed by atoms with Crippen LogP contribution >= 0.6 is 0 Å². The minimum atomic E-state index is -0.568. The van der Waals surface area contributed by atoms with Crippen LogP contribution in [-0.4, -0.2) is 28.8 Å². The summed E-state index contributed by atoms with van der Waals surface area (Å²) < 4.78 is 0. The molecule has 0 aromatic heterocycles. The monoisotopic (exact) mass is 293 g/mol. The molecule has 21 heavy (non-hydrogen) atoms. The van der Waals surface area contributed by atoms with Crippen LogP contribution in [0.25, 0.3) is 0 Å². The van der Waals surface area contributed by atoms with E-state index < -0.39 is 4.92 Å². The van der Waals surface area contributed by atoms with Gasteiger partial charge >= 0.3 is 0 Å². The predicted molar refractivity (Wildman–Crippen MR) is 83.1 cm³/mol. The normalized spacial score (nSPS) is 11.0. The number of nitro groups is 1. The molecule has 0 saturated heterocycles. The van der Waals surface area contributed by atoms with Crippen LogP contribution in [0.2, 0.25) is 0 Å². The van der Waals surface area contributed by atoms with Gasteiger partial charge in [-0.2, -0.15) is 0 Å². The van der Waals surface area contributed by atoms with Crippen molar-refractivity contribution < 1.29 is 9.72 Å². The van der Waals surface area contributed by atoms with E-state index in [0.717, 1.165) is 0 Å². The molecule has 0 spiro atoms. The van der Waals surface area contributed by atoms with E-state index in [1.165, 1.54) is 12.1 Å². The van der Waals surface area contributed by atoms with Crippen molar-refractivity contribution in [3.05, 3.63) is 33.9 Å². The van der Waals surface area contributed by atoms with Crippen molar-refractivity contribution in [2.24, 2.45) is 11.8 Å². The Kier molecular flexibility index (Phi) is 5.69. The predicted octanol–water partition coefficient (Wildman–Crippen LogP) is 2.93. The topological polar surface area (TPSA) is 89.5 Å².